The maximum Gasteiger partial charge on any atom is 0.172 e. The van der Waals surface area contributed by atoms with E-state index in [9.17, 15) is 4.79 Å². The molecule has 1 aliphatic carbocycles. The van der Waals surface area contributed by atoms with Crippen molar-refractivity contribution >= 4 is 6.29 Å². The molecule has 0 unspecified atom stereocenters. The monoisotopic (exact) mass is 237 g/mol. The quantitative estimate of drug-likeness (QED) is 0.536. The van der Waals surface area contributed by atoms with Gasteiger partial charge in [0.15, 0.2) is 6.29 Å². The summed E-state index contributed by atoms with van der Waals surface area (Å²) in [5, 5.41) is 8.03. The minimum atomic E-state index is 0.493. The minimum absolute atomic E-state index is 0.493. The number of ether oxygens (including phenoxy) is 1. The molecule has 1 saturated carbocycles. The number of carbonyl (C=O) groups is 1. The molecule has 0 radical (unpaired) electrons. The fraction of sp³-hybridized carbons (Fsp3) is 0.750. The van der Waals surface area contributed by atoms with Crippen molar-refractivity contribution in [2.75, 3.05) is 13.7 Å². The molecule has 17 heavy (non-hydrogen) atoms. The first-order chi connectivity index (χ1) is 8.36. The zero-order valence-electron chi connectivity index (χ0n) is 10.3. The third-order valence-electron chi connectivity index (χ3n) is 3.37. The normalized spacial score (nSPS) is 15.8. The van der Waals surface area contributed by atoms with Crippen molar-refractivity contribution in [1.29, 1.82) is 0 Å². The average Bonchev–Trinajstić information content (AvgIpc) is 2.66. The van der Waals surface area contributed by atoms with Crippen LogP contribution < -0.4 is 0 Å². The number of unbranched alkanes of at least 4 members (excludes halogenated alkanes) is 1. The van der Waals surface area contributed by atoms with E-state index in [4.69, 9.17) is 4.74 Å². The number of carbonyl (C=O) groups excluding carboxylic acids is 1. The Morgan fingerprint density at radius 2 is 2.29 bits per heavy atom. The lowest BCUT2D eigenvalue weighted by Gasteiger charge is -2.26. The number of aryl methyl sites for hydroxylation is 1. The van der Waals surface area contributed by atoms with E-state index in [2.05, 4.69) is 10.3 Å². The van der Waals surface area contributed by atoms with Crippen LogP contribution in [-0.4, -0.2) is 35.0 Å². The van der Waals surface area contributed by atoms with Gasteiger partial charge in [-0.3, -0.25) is 4.79 Å². The van der Waals surface area contributed by atoms with E-state index in [0.29, 0.717) is 11.6 Å². The van der Waals surface area contributed by atoms with Gasteiger partial charge < -0.3 is 4.74 Å². The zero-order valence-corrected chi connectivity index (χ0v) is 10.3. The van der Waals surface area contributed by atoms with Crippen molar-refractivity contribution in [2.24, 2.45) is 0 Å². The van der Waals surface area contributed by atoms with Gasteiger partial charge in [0, 0.05) is 26.2 Å². The van der Waals surface area contributed by atoms with E-state index < -0.39 is 0 Å². The van der Waals surface area contributed by atoms with Gasteiger partial charge in [0.1, 0.15) is 5.69 Å². The first-order valence-corrected chi connectivity index (χ1v) is 6.24. The molecule has 1 aliphatic rings. The lowest BCUT2D eigenvalue weighted by atomic mass is 9.82. The summed E-state index contributed by atoms with van der Waals surface area (Å²) in [6.45, 7) is 1.60. The Hall–Kier alpha value is -1.23. The molecular formula is C12H19N3O2. The Kier molecular flexibility index (Phi) is 4.25. The van der Waals surface area contributed by atoms with Crippen LogP contribution in [0.3, 0.4) is 0 Å². The van der Waals surface area contributed by atoms with Gasteiger partial charge in [-0.25, -0.2) is 4.68 Å². The second kappa shape index (κ2) is 5.91. The molecule has 1 heterocycles. The van der Waals surface area contributed by atoms with E-state index >= 15 is 0 Å². The largest absolute Gasteiger partial charge is 0.385 e. The lowest BCUT2D eigenvalue weighted by molar-refractivity contribution is 0.111. The van der Waals surface area contributed by atoms with Crippen molar-refractivity contribution in [3.8, 4) is 0 Å². The van der Waals surface area contributed by atoms with Crippen molar-refractivity contribution in [1.82, 2.24) is 15.0 Å². The Morgan fingerprint density at radius 3 is 2.88 bits per heavy atom. The summed E-state index contributed by atoms with van der Waals surface area (Å²) in [6.07, 6.45) is 6.41. The number of hydrogen-bond donors (Lipinski definition) is 0. The van der Waals surface area contributed by atoms with Crippen molar-refractivity contribution in [2.45, 2.75) is 44.6 Å². The third kappa shape index (κ3) is 2.72. The highest BCUT2D eigenvalue weighted by Crippen LogP contribution is 2.37. The fourth-order valence-electron chi connectivity index (χ4n) is 2.19. The second-order valence-electron chi connectivity index (χ2n) is 4.53. The standard InChI is InChI=1S/C12H19N3O2/c1-17-8-3-2-7-15-12(10-5-4-6-10)11(9-16)13-14-15/h9-10H,2-8H2,1H3. The predicted octanol–water partition coefficient (Wildman–Crippen LogP) is 1.78. The van der Waals surface area contributed by atoms with Gasteiger partial charge >= 0.3 is 0 Å². The van der Waals surface area contributed by atoms with E-state index in [0.717, 1.165) is 50.8 Å². The minimum Gasteiger partial charge on any atom is -0.385 e. The molecule has 0 spiro atoms. The van der Waals surface area contributed by atoms with Gasteiger partial charge in [-0.05, 0) is 25.7 Å². The highest BCUT2D eigenvalue weighted by atomic mass is 16.5. The Labute approximate surface area is 101 Å². The molecule has 0 saturated heterocycles. The van der Waals surface area contributed by atoms with E-state index in [1.807, 2.05) is 4.68 Å². The maximum atomic E-state index is 10.9. The van der Waals surface area contributed by atoms with Crippen LogP contribution in [0.25, 0.3) is 0 Å². The molecule has 0 atom stereocenters. The summed E-state index contributed by atoms with van der Waals surface area (Å²) >= 11 is 0. The van der Waals surface area contributed by atoms with Gasteiger partial charge in [-0.2, -0.15) is 0 Å². The molecule has 94 valence electrons. The predicted molar refractivity (Wildman–Crippen MR) is 63.1 cm³/mol. The van der Waals surface area contributed by atoms with Gasteiger partial charge in [0.05, 0.1) is 5.69 Å². The molecule has 1 aromatic rings. The average molecular weight is 237 g/mol. The summed E-state index contributed by atoms with van der Waals surface area (Å²) in [5.41, 5.74) is 1.57. The zero-order chi connectivity index (χ0) is 12.1. The van der Waals surface area contributed by atoms with Crippen molar-refractivity contribution in [3.63, 3.8) is 0 Å². The number of aldehydes is 1. The SMILES string of the molecule is COCCCCn1nnc(C=O)c1C1CCC1. The van der Waals surface area contributed by atoms with E-state index in [1.165, 1.54) is 6.42 Å². The second-order valence-corrected chi connectivity index (χ2v) is 4.53. The number of rotatable bonds is 7. The molecular weight excluding hydrogens is 218 g/mol. The topological polar surface area (TPSA) is 57.0 Å². The van der Waals surface area contributed by atoms with Gasteiger partial charge in [0.25, 0.3) is 0 Å². The first kappa shape index (κ1) is 12.2. The van der Waals surface area contributed by atoms with Crippen molar-refractivity contribution < 1.29 is 9.53 Å². The Bertz CT molecular complexity index is 372. The lowest BCUT2D eigenvalue weighted by Crippen LogP contribution is -2.17. The van der Waals surface area contributed by atoms with Crippen LogP contribution in [0.1, 0.15) is 54.2 Å². The number of aromatic nitrogens is 3. The Morgan fingerprint density at radius 1 is 1.47 bits per heavy atom. The molecule has 0 amide bonds. The molecule has 0 bridgehead atoms. The third-order valence-corrected chi connectivity index (χ3v) is 3.37. The van der Waals surface area contributed by atoms with E-state index in [-0.39, 0.29) is 0 Å². The molecule has 5 heteroatoms. The molecule has 0 N–H and O–H groups in total. The maximum absolute atomic E-state index is 10.9. The molecule has 0 aromatic carbocycles. The number of hydrogen-bond acceptors (Lipinski definition) is 4. The van der Waals surface area contributed by atoms with Crippen LogP contribution in [0.5, 0.6) is 0 Å². The summed E-state index contributed by atoms with van der Waals surface area (Å²) in [4.78, 5) is 10.9. The van der Waals surface area contributed by atoms with Crippen LogP contribution in [0, 0.1) is 0 Å². The Balaban J connectivity index is 2.00. The van der Waals surface area contributed by atoms with Gasteiger partial charge in [0.2, 0.25) is 0 Å². The van der Waals surface area contributed by atoms with Gasteiger partial charge in [-0.1, -0.05) is 11.6 Å². The van der Waals surface area contributed by atoms with Crippen LogP contribution in [0.15, 0.2) is 0 Å². The molecule has 1 aromatic heterocycles. The van der Waals surface area contributed by atoms with Crippen LogP contribution in [0.2, 0.25) is 0 Å². The number of methoxy groups -OCH3 is 1. The first-order valence-electron chi connectivity index (χ1n) is 6.24. The summed E-state index contributed by atoms with van der Waals surface area (Å²) in [5.74, 6) is 0.493. The molecule has 0 aliphatic heterocycles. The smallest absolute Gasteiger partial charge is 0.172 e. The summed E-state index contributed by atoms with van der Waals surface area (Å²) in [6, 6.07) is 0. The number of nitrogens with zero attached hydrogens (tertiary/aromatic N) is 3. The summed E-state index contributed by atoms with van der Waals surface area (Å²) < 4.78 is 6.92. The highest BCUT2D eigenvalue weighted by Gasteiger charge is 2.27. The highest BCUT2D eigenvalue weighted by molar-refractivity contribution is 5.73. The molecule has 1 fully saturated rings. The van der Waals surface area contributed by atoms with Crippen LogP contribution in [-0.2, 0) is 11.3 Å². The van der Waals surface area contributed by atoms with Gasteiger partial charge in [-0.15, -0.1) is 5.10 Å². The summed E-state index contributed by atoms with van der Waals surface area (Å²) in [7, 11) is 1.71. The van der Waals surface area contributed by atoms with Crippen LogP contribution in [0.4, 0.5) is 0 Å². The van der Waals surface area contributed by atoms with Crippen LogP contribution >= 0.6 is 0 Å². The van der Waals surface area contributed by atoms with Crippen molar-refractivity contribution in [3.05, 3.63) is 11.4 Å². The van der Waals surface area contributed by atoms with E-state index in [1.54, 1.807) is 7.11 Å². The molecule has 5 nitrogen and oxygen atoms in total. The molecule has 2 rings (SSSR count). The fourth-order valence-corrected chi connectivity index (χ4v) is 2.19.